The molecule has 20 heavy (non-hydrogen) atoms. The normalized spacial score (nSPS) is 11.2. The Morgan fingerprint density at radius 2 is 2.00 bits per heavy atom. The number of aliphatic imine (C=N–C) groups is 1. The van der Waals surface area contributed by atoms with E-state index in [1.165, 1.54) is 0 Å². The third-order valence-electron chi connectivity index (χ3n) is 2.74. The van der Waals surface area contributed by atoms with E-state index < -0.39 is 5.91 Å². The molecule has 0 atom stereocenters. The van der Waals surface area contributed by atoms with Crippen LogP contribution in [-0.2, 0) is 11.3 Å². The van der Waals surface area contributed by atoms with Crippen LogP contribution in [0.4, 0.5) is 0 Å². The summed E-state index contributed by atoms with van der Waals surface area (Å²) in [5.41, 5.74) is 6.75. The molecule has 0 saturated carbocycles. The number of benzene rings is 1. The number of hydrogen-bond acceptors (Lipinski definition) is 3. The van der Waals surface area contributed by atoms with Crippen LogP contribution in [0.5, 0.6) is 0 Å². The van der Waals surface area contributed by atoms with Crippen molar-refractivity contribution in [2.75, 3.05) is 27.3 Å². The summed E-state index contributed by atoms with van der Waals surface area (Å²) in [6, 6.07) is 7.17. The third-order valence-corrected chi connectivity index (χ3v) is 2.74. The SMILES string of the molecule is CN=C(NCCCOC)NCc1ccc(C(N)=O)cc1. The molecule has 1 rings (SSSR count). The fourth-order valence-corrected chi connectivity index (χ4v) is 1.62. The molecule has 1 amide bonds. The Bertz CT molecular complexity index is 443. The molecular formula is C14H22N4O2. The Morgan fingerprint density at radius 3 is 2.55 bits per heavy atom. The monoisotopic (exact) mass is 278 g/mol. The number of nitrogens with one attached hydrogen (secondary N) is 2. The van der Waals surface area contributed by atoms with E-state index in [1.807, 2.05) is 12.1 Å². The molecule has 0 aromatic heterocycles. The van der Waals surface area contributed by atoms with E-state index in [2.05, 4.69) is 15.6 Å². The van der Waals surface area contributed by atoms with Crippen molar-refractivity contribution in [2.24, 2.45) is 10.7 Å². The van der Waals surface area contributed by atoms with E-state index in [0.717, 1.165) is 31.1 Å². The van der Waals surface area contributed by atoms with E-state index in [4.69, 9.17) is 10.5 Å². The van der Waals surface area contributed by atoms with Gasteiger partial charge in [-0.2, -0.15) is 0 Å². The standard InChI is InChI=1S/C14H22N4O2/c1-16-14(17-8-3-9-20-2)18-10-11-4-6-12(7-5-11)13(15)19/h4-7H,3,8-10H2,1-2H3,(H2,15,19)(H2,16,17,18). The van der Waals surface area contributed by atoms with Crippen molar-refractivity contribution in [2.45, 2.75) is 13.0 Å². The number of nitrogens with two attached hydrogens (primary N) is 1. The summed E-state index contributed by atoms with van der Waals surface area (Å²) in [5.74, 6) is 0.320. The number of carbonyl (C=O) groups excluding carboxylic acids is 1. The van der Waals surface area contributed by atoms with Gasteiger partial charge in [-0.3, -0.25) is 9.79 Å². The molecule has 0 radical (unpaired) electrons. The lowest BCUT2D eigenvalue weighted by molar-refractivity contribution is 0.100. The molecule has 6 heteroatoms. The molecule has 6 nitrogen and oxygen atoms in total. The van der Waals surface area contributed by atoms with Crippen LogP contribution in [-0.4, -0.2) is 39.2 Å². The number of rotatable bonds is 7. The Labute approximate surface area is 119 Å². The fraction of sp³-hybridized carbons (Fsp3) is 0.429. The molecular weight excluding hydrogens is 256 g/mol. The lowest BCUT2D eigenvalue weighted by Crippen LogP contribution is -2.37. The first-order valence-corrected chi connectivity index (χ1v) is 6.49. The molecule has 0 heterocycles. The molecule has 4 N–H and O–H groups in total. The molecule has 110 valence electrons. The highest BCUT2D eigenvalue weighted by Gasteiger charge is 2.01. The van der Waals surface area contributed by atoms with Gasteiger partial charge in [0.2, 0.25) is 5.91 Å². The van der Waals surface area contributed by atoms with Crippen molar-refractivity contribution in [3.8, 4) is 0 Å². The van der Waals surface area contributed by atoms with Gasteiger partial charge in [0.05, 0.1) is 0 Å². The second-order valence-corrected chi connectivity index (χ2v) is 4.26. The van der Waals surface area contributed by atoms with Crippen LogP contribution in [0.2, 0.25) is 0 Å². The number of primary amides is 1. The highest BCUT2D eigenvalue weighted by atomic mass is 16.5. The van der Waals surface area contributed by atoms with Gasteiger partial charge >= 0.3 is 0 Å². The van der Waals surface area contributed by atoms with E-state index in [0.29, 0.717) is 12.1 Å². The van der Waals surface area contributed by atoms with E-state index in [1.54, 1.807) is 26.3 Å². The number of carbonyl (C=O) groups is 1. The van der Waals surface area contributed by atoms with Crippen LogP contribution < -0.4 is 16.4 Å². The van der Waals surface area contributed by atoms with Gasteiger partial charge in [0.15, 0.2) is 5.96 Å². The predicted octanol–water partition coefficient (Wildman–Crippen LogP) is 0.487. The molecule has 0 aliphatic carbocycles. The van der Waals surface area contributed by atoms with E-state index >= 15 is 0 Å². The van der Waals surface area contributed by atoms with Crippen molar-refractivity contribution in [3.63, 3.8) is 0 Å². The lowest BCUT2D eigenvalue weighted by atomic mass is 10.1. The first-order chi connectivity index (χ1) is 9.67. The lowest BCUT2D eigenvalue weighted by Gasteiger charge is -2.11. The van der Waals surface area contributed by atoms with Crippen molar-refractivity contribution in [3.05, 3.63) is 35.4 Å². The number of ether oxygens (including phenoxy) is 1. The summed E-state index contributed by atoms with van der Waals surface area (Å²) >= 11 is 0. The minimum absolute atomic E-state index is 0.417. The molecule has 0 fully saturated rings. The van der Waals surface area contributed by atoms with Gasteiger partial charge in [-0.05, 0) is 24.1 Å². The second kappa shape index (κ2) is 8.92. The van der Waals surface area contributed by atoms with Gasteiger partial charge in [0.1, 0.15) is 0 Å². The van der Waals surface area contributed by atoms with Gasteiger partial charge in [-0.25, -0.2) is 0 Å². The van der Waals surface area contributed by atoms with Crippen molar-refractivity contribution < 1.29 is 9.53 Å². The zero-order valence-electron chi connectivity index (χ0n) is 12.0. The maximum atomic E-state index is 11.0. The number of nitrogens with zero attached hydrogens (tertiary/aromatic N) is 1. The fourth-order valence-electron chi connectivity index (χ4n) is 1.62. The van der Waals surface area contributed by atoms with E-state index in [9.17, 15) is 4.79 Å². The van der Waals surface area contributed by atoms with Gasteiger partial charge < -0.3 is 21.1 Å². The maximum Gasteiger partial charge on any atom is 0.248 e. The Morgan fingerprint density at radius 1 is 1.30 bits per heavy atom. The molecule has 0 aliphatic heterocycles. The minimum Gasteiger partial charge on any atom is -0.385 e. The maximum absolute atomic E-state index is 11.0. The van der Waals surface area contributed by atoms with Crippen LogP contribution in [0.3, 0.4) is 0 Å². The average Bonchev–Trinajstić information content (AvgIpc) is 2.47. The first-order valence-electron chi connectivity index (χ1n) is 6.49. The van der Waals surface area contributed by atoms with Crippen molar-refractivity contribution >= 4 is 11.9 Å². The number of methoxy groups -OCH3 is 1. The molecule has 0 unspecified atom stereocenters. The van der Waals surface area contributed by atoms with Gasteiger partial charge in [0, 0.05) is 39.4 Å². The molecule has 0 spiro atoms. The highest BCUT2D eigenvalue weighted by molar-refractivity contribution is 5.92. The molecule has 0 saturated heterocycles. The Kier molecular flexibility index (Phi) is 7.13. The highest BCUT2D eigenvalue weighted by Crippen LogP contribution is 2.03. The van der Waals surface area contributed by atoms with Crippen LogP contribution in [0.25, 0.3) is 0 Å². The summed E-state index contributed by atoms with van der Waals surface area (Å²) in [7, 11) is 3.41. The first kappa shape index (κ1) is 16.0. The van der Waals surface area contributed by atoms with Crippen molar-refractivity contribution in [1.29, 1.82) is 0 Å². The topological polar surface area (TPSA) is 88.7 Å². The number of hydrogen-bond donors (Lipinski definition) is 3. The second-order valence-electron chi connectivity index (χ2n) is 4.26. The zero-order chi connectivity index (χ0) is 14.8. The van der Waals surface area contributed by atoms with Gasteiger partial charge in [0.25, 0.3) is 0 Å². The summed E-state index contributed by atoms with van der Waals surface area (Å²) < 4.78 is 4.98. The molecule has 0 bridgehead atoms. The Balaban J connectivity index is 2.38. The zero-order valence-corrected chi connectivity index (χ0v) is 12.0. The third kappa shape index (κ3) is 5.71. The largest absolute Gasteiger partial charge is 0.385 e. The molecule has 1 aromatic rings. The van der Waals surface area contributed by atoms with Crippen LogP contribution in [0.1, 0.15) is 22.3 Å². The summed E-state index contributed by atoms with van der Waals surface area (Å²) in [4.78, 5) is 15.1. The van der Waals surface area contributed by atoms with Crippen molar-refractivity contribution in [1.82, 2.24) is 10.6 Å². The summed E-state index contributed by atoms with van der Waals surface area (Å²) in [6.45, 7) is 2.15. The number of amides is 1. The number of guanidine groups is 1. The van der Waals surface area contributed by atoms with E-state index in [-0.39, 0.29) is 0 Å². The minimum atomic E-state index is -0.417. The van der Waals surface area contributed by atoms with Crippen LogP contribution in [0, 0.1) is 0 Å². The van der Waals surface area contributed by atoms with Crippen LogP contribution >= 0.6 is 0 Å². The molecule has 1 aromatic carbocycles. The van der Waals surface area contributed by atoms with Crippen LogP contribution in [0.15, 0.2) is 29.3 Å². The average molecular weight is 278 g/mol. The van der Waals surface area contributed by atoms with Gasteiger partial charge in [-0.15, -0.1) is 0 Å². The van der Waals surface area contributed by atoms with Gasteiger partial charge in [-0.1, -0.05) is 12.1 Å². The Hall–Kier alpha value is -2.08. The predicted molar refractivity (Wildman–Crippen MR) is 79.7 cm³/mol. The molecule has 0 aliphatic rings. The summed E-state index contributed by atoms with van der Waals surface area (Å²) in [5, 5.41) is 6.38. The smallest absolute Gasteiger partial charge is 0.248 e. The summed E-state index contributed by atoms with van der Waals surface area (Å²) in [6.07, 6.45) is 0.921. The quantitative estimate of drug-likeness (QED) is 0.385.